The lowest BCUT2D eigenvalue weighted by Gasteiger charge is -2.02. The van der Waals surface area contributed by atoms with Gasteiger partial charge >= 0.3 is 0 Å². The van der Waals surface area contributed by atoms with Crippen LogP contribution in [0.4, 0.5) is 0 Å². The molecule has 0 atom stereocenters. The third kappa shape index (κ3) is 2.65. The van der Waals surface area contributed by atoms with E-state index in [0.29, 0.717) is 0 Å². The Balaban J connectivity index is 2.55. The molecule has 0 aliphatic rings. The fourth-order valence-electron chi connectivity index (χ4n) is 2.41. The second-order valence-electron chi connectivity index (χ2n) is 5.38. The molecule has 0 bridgehead atoms. The van der Waals surface area contributed by atoms with Gasteiger partial charge in [0.25, 0.3) is 5.56 Å². The van der Waals surface area contributed by atoms with E-state index in [-0.39, 0.29) is 11.5 Å². The van der Waals surface area contributed by atoms with Gasteiger partial charge in [-0.2, -0.15) is 0 Å². The molecule has 0 radical (unpaired) electrons. The molecule has 0 unspecified atom stereocenters. The van der Waals surface area contributed by atoms with Crippen LogP contribution >= 0.6 is 0 Å². The van der Waals surface area contributed by atoms with Gasteiger partial charge in [0.15, 0.2) is 0 Å². The number of H-pyrrole nitrogens is 1. The summed E-state index contributed by atoms with van der Waals surface area (Å²) in [6.07, 6.45) is 1.95. The second kappa shape index (κ2) is 5.47. The van der Waals surface area contributed by atoms with Crippen molar-refractivity contribution < 1.29 is 0 Å². The van der Waals surface area contributed by atoms with Crippen molar-refractivity contribution in [2.75, 3.05) is 0 Å². The fourth-order valence-corrected chi connectivity index (χ4v) is 2.41. The van der Waals surface area contributed by atoms with E-state index in [1.165, 1.54) is 5.56 Å². The summed E-state index contributed by atoms with van der Waals surface area (Å²) in [5.41, 5.74) is 4.17. The van der Waals surface area contributed by atoms with Crippen LogP contribution < -0.4 is 5.56 Å². The highest BCUT2D eigenvalue weighted by atomic mass is 16.1. The van der Waals surface area contributed by atoms with Crippen molar-refractivity contribution in [2.24, 2.45) is 0 Å². The lowest BCUT2D eigenvalue weighted by Crippen LogP contribution is -2.18. The van der Waals surface area contributed by atoms with E-state index in [4.69, 9.17) is 0 Å². The standard InChI is InChI=1S/C16H22N2O/c1-5-6-14-15(11(2)3)16(19)18(17-14)13-9-7-12(4)8-10-13/h7-11,17H,5-6H2,1-4H3. The van der Waals surface area contributed by atoms with E-state index in [2.05, 4.69) is 25.9 Å². The van der Waals surface area contributed by atoms with Crippen molar-refractivity contribution in [3.05, 3.63) is 51.4 Å². The van der Waals surface area contributed by atoms with Crippen LogP contribution in [0.25, 0.3) is 5.69 Å². The van der Waals surface area contributed by atoms with Gasteiger partial charge in [-0.15, -0.1) is 0 Å². The summed E-state index contributed by atoms with van der Waals surface area (Å²) in [5, 5.41) is 3.27. The van der Waals surface area contributed by atoms with Crippen molar-refractivity contribution >= 4 is 0 Å². The van der Waals surface area contributed by atoms with Crippen molar-refractivity contribution in [3.63, 3.8) is 0 Å². The van der Waals surface area contributed by atoms with E-state index in [0.717, 1.165) is 29.8 Å². The Kier molecular flexibility index (Phi) is 3.93. The van der Waals surface area contributed by atoms with Crippen LogP contribution in [0.5, 0.6) is 0 Å². The maximum absolute atomic E-state index is 12.5. The van der Waals surface area contributed by atoms with Gasteiger partial charge in [0, 0.05) is 11.3 Å². The first-order valence-corrected chi connectivity index (χ1v) is 6.95. The van der Waals surface area contributed by atoms with Gasteiger partial charge in [0.05, 0.1) is 5.69 Å². The van der Waals surface area contributed by atoms with Crippen LogP contribution in [0.3, 0.4) is 0 Å². The van der Waals surface area contributed by atoms with Crippen molar-refractivity contribution in [1.29, 1.82) is 0 Å². The molecule has 0 fully saturated rings. The average Bonchev–Trinajstić information content (AvgIpc) is 2.68. The van der Waals surface area contributed by atoms with E-state index >= 15 is 0 Å². The van der Waals surface area contributed by atoms with Crippen LogP contribution in [-0.2, 0) is 6.42 Å². The predicted molar refractivity (Wildman–Crippen MR) is 79.2 cm³/mol. The number of aromatic nitrogens is 2. The molecule has 1 heterocycles. The monoisotopic (exact) mass is 258 g/mol. The zero-order valence-corrected chi connectivity index (χ0v) is 12.2. The summed E-state index contributed by atoms with van der Waals surface area (Å²) in [7, 11) is 0. The third-order valence-electron chi connectivity index (χ3n) is 3.37. The molecule has 0 aliphatic heterocycles. The van der Waals surface area contributed by atoms with Gasteiger partial charge in [-0.3, -0.25) is 9.89 Å². The smallest absolute Gasteiger partial charge is 0.274 e. The maximum atomic E-state index is 12.5. The minimum atomic E-state index is 0.0855. The molecule has 1 aromatic carbocycles. The largest absolute Gasteiger partial charge is 0.295 e. The lowest BCUT2D eigenvalue weighted by molar-refractivity contribution is 0.787. The van der Waals surface area contributed by atoms with Crippen molar-refractivity contribution in [2.45, 2.75) is 46.5 Å². The normalized spacial score (nSPS) is 11.2. The Hall–Kier alpha value is -1.77. The fraction of sp³-hybridized carbons (Fsp3) is 0.438. The Morgan fingerprint density at radius 1 is 1.21 bits per heavy atom. The van der Waals surface area contributed by atoms with Crippen LogP contribution in [-0.4, -0.2) is 9.78 Å². The summed E-state index contributed by atoms with van der Waals surface area (Å²) < 4.78 is 1.67. The molecular weight excluding hydrogens is 236 g/mol. The van der Waals surface area contributed by atoms with Crippen LogP contribution in [0.15, 0.2) is 29.1 Å². The first-order chi connectivity index (χ1) is 9.04. The van der Waals surface area contributed by atoms with Gasteiger partial charge < -0.3 is 0 Å². The molecule has 2 rings (SSSR count). The Bertz CT molecular complexity index is 603. The van der Waals surface area contributed by atoms with Crippen LogP contribution in [0.1, 0.15) is 49.9 Å². The Morgan fingerprint density at radius 2 is 1.84 bits per heavy atom. The summed E-state index contributed by atoms with van der Waals surface area (Å²) in [6, 6.07) is 8.01. The van der Waals surface area contributed by atoms with Crippen molar-refractivity contribution in [3.8, 4) is 5.69 Å². The first-order valence-electron chi connectivity index (χ1n) is 6.95. The van der Waals surface area contributed by atoms with Gasteiger partial charge in [-0.25, -0.2) is 4.68 Å². The highest BCUT2D eigenvalue weighted by molar-refractivity contribution is 5.36. The topological polar surface area (TPSA) is 37.8 Å². The maximum Gasteiger partial charge on any atom is 0.274 e. The van der Waals surface area contributed by atoms with Crippen molar-refractivity contribution in [1.82, 2.24) is 9.78 Å². The number of hydrogen-bond acceptors (Lipinski definition) is 1. The molecule has 0 saturated carbocycles. The summed E-state index contributed by atoms with van der Waals surface area (Å²) in [6.45, 7) is 8.32. The first kappa shape index (κ1) is 13.7. The van der Waals surface area contributed by atoms with Gasteiger partial charge in [0.2, 0.25) is 0 Å². The zero-order valence-electron chi connectivity index (χ0n) is 12.2. The summed E-state index contributed by atoms with van der Waals surface area (Å²) in [4.78, 5) is 12.5. The van der Waals surface area contributed by atoms with E-state index in [1.54, 1.807) is 4.68 Å². The molecule has 102 valence electrons. The molecule has 19 heavy (non-hydrogen) atoms. The van der Waals surface area contributed by atoms with Gasteiger partial charge in [-0.05, 0) is 31.4 Å². The molecule has 0 spiro atoms. The van der Waals surface area contributed by atoms with Gasteiger partial charge in [0.1, 0.15) is 0 Å². The molecular formula is C16H22N2O. The Morgan fingerprint density at radius 3 is 2.37 bits per heavy atom. The number of nitrogens with one attached hydrogen (secondary N) is 1. The lowest BCUT2D eigenvalue weighted by atomic mass is 10.0. The molecule has 1 N–H and O–H groups in total. The molecule has 0 aliphatic carbocycles. The number of benzene rings is 1. The van der Waals surface area contributed by atoms with E-state index < -0.39 is 0 Å². The van der Waals surface area contributed by atoms with Crippen LogP contribution in [0, 0.1) is 6.92 Å². The molecule has 3 heteroatoms. The molecule has 0 amide bonds. The quantitative estimate of drug-likeness (QED) is 0.894. The Labute approximate surface area is 114 Å². The minimum Gasteiger partial charge on any atom is -0.295 e. The van der Waals surface area contributed by atoms with E-state index in [9.17, 15) is 4.79 Å². The zero-order chi connectivity index (χ0) is 14.0. The van der Waals surface area contributed by atoms with Crippen LogP contribution in [0.2, 0.25) is 0 Å². The third-order valence-corrected chi connectivity index (χ3v) is 3.37. The summed E-state index contributed by atoms with van der Waals surface area (Å²) in [5.74, 6) is 0.247. The molecule has 2 aromatic rings. The highest BCUT2D eigenvalue weighted by Crippen LogP contribution is 2.17. The number of aromatic amines is 1. The van der Waals surface area contributed by atoms with E-state index in [1.807, 2.05) is 31.2 Å². The average molecular weight is 258 g/mol. The SMILES string of the molecule is CCCc1[nH]n(-c2ccc(C)cc2)c(=O)c1C(C)C. The number of rotatable bonds is 4. The number of aryl methyl sites for hydroxylation is 2. The predicted octanol–water partition coefficient (Wildman–Crippen LogP) is 3.55. The second-order valence-corrected chi connectivity index (χ2v) is 5.38. The molecule has 1 aromatic heterocycles. The summed E-state index contributed by atoms with van der Waals surface area (Å²) >= 11 is 0. The minimum absolute atomic E-state index is 0.0855. The van der Waals surface area contributed by atoms with Gasteiger partial charge in [-0.1, -0.05) is 44.9 Å². The highest BCUT2D eigenvalue weighted by Gasteiger charge is 2.17. The number of nitrogens with zero attached hydrogens (tertiary/aromatic N) is 1. The number of hydrogen-bond donors (Lipinski definition) is 1. The molecule has 0 saturated heterocycles. The molecule has 3 nitrogen and oxygen atoms in total.